The Bertz CT molecular complexity index is 148. The zero-order valence-electron chi connectivity index (χ0n) is 8.62. The van der Waals surface area contributed by atoms with Gasteiger partial charge in [-0.25, -0.2) is 0 Å². The normalized spacial score (nSPS) is 27.3. The zero-order valence-corrected chi connectivity index (χ0v) is 8.62. The van der Waals surface area contributed by atoms with Crippen LogP contribution in [0.5, 0.6) is 0 Å². The lowest BCUT2D eigenvalue weighted by molar-refractivity contribution is -0.138. The predicted molar refractivity (Wildman–Crippen MR) is 53.5 cm³/mol. The summed E-state index contributed by atoms with van der Waals surface area (Å²) in [6.45, 7) is 2.17. The molecule has 0 bridgehead atoms. The van der Waals surface area contributed by atoms with Gasteiger partial charge in [-0.05, 0) is 25.3 Å². The standard InChI is InChI=1S/C9H16O2.CH5N/c1-7-4-2-3-5-8(7)6-9(10)11;1-2/h7-8H,2-6H2,1H3,(H,10,11);2H2,1H3. The number of rotatable bonds is 2. The van der Waals surface area contributed by atoms with Crippen molar-refractivity contribution in [3.05, 3.63) is 0 Å². The van der Waals surface area contributed by atoms with Crippen LogP contribution in [0, 0.1) is 11.8 Å². The van der Waals surface area contributed by atoms with Crippen molar-refractivity contribution in [2.24, 2.45) is 17.6 Å². The highest BCUT2D eigenvalue weighted by molar-refractivity contribution is 5.67. The highest BCUT2D eigenvalue weighted by atomic mass is 16.4. The van der Waals surface area contributed by atoms with Crippen LogP contribution in [-0.2, 0) is 4.79 Å². The van der Waals surface area contributed by atoms with Crippen molar-refractivity contribution in [3.63, 3.8) is 0 Å². The summed E-state index contributed by atoms with van der Waals surface area (Å²) in [5.41, 5.74) is 4.50. The smallest absolute Gasteiger partial charge is 0.303 e. The highest BCUT2D eigenvalue weighted by Gasteiger charge is 2.22. The van der Waals surface area contributed by atoms with E-state index in [0.717, 1.165) is 6.42 Å². The number of carboxylic acid groups (broad SMARTS) is 1. The first-order chi connectivity index (χ1) is 6.20. The van der Waals surface area contributed by atoms with Crippen molar-refractivity contribution in [2.45, 2.75) is 39.0 Å². The minimum atomic E-state index is -0.635. The predicted octanol–water partition coefficient (Wildman–Crippen LogP) is 1.86. The molecule has 1 aliphatic carbocycles. The fourth-order valence-corrected chi connectivity index (χ4v) is 1.92. The first-order valence-electron chi connectivity index (χ1n) is 4.99. The maximum Gasteiger partial charge on any atom is 0.303 e. The van der Waals surface area contributed by atoms with E-state index in [1.807, 2.05) is 0 Å². The molecule has 0 aromatic rings. The lowest BCUT2D eigenvalue weighted by atomic mass is 9.79. The molecule has 2 atom stereocenters. The Kier molecular flexibility index (Phi) is 6.59. The van der Waals surface area contributed by atoms with E-state index in [-0.39, 0.29) is 0 Å². The second kappa shape index (κ2) is 6.89. The molecule has 1 aliphatic rings. The van der Waals surface area contributed by atoms with Gasteiger partial charge >= 0.3 is 5.97 Å². The first-order valence-corrected chi connectivity index (χ1v) is 4.99. The molecule has 13 heavy (non-hydrogen) atoms. The molecule has 0 aromatic heterocycles. The Morgan fingerprint density at radius 2 is 1.92 bits per heavy atom. The van der Waals surface area contributed by atoms with Crippen molar-refractivity contribution >= 4 is 5.97 Å². The number of carbonyl (C=O) groups is 1. The quantitative estimate of drug-likeness (QED) is 0.693. The third-order valence-corrected chi connectivity index (χ3v) is 2.73. The van der Waals surface area contributed by atoms with Crippen LogP contribution in [0.2, 0.25) is 0 Å². The van der Waals surface area contributed by atoms with Gasteiger partial charge in [0.1, 0.15) is 0 Å². The monoisotopic (exact) mass is 187 g/mol. The molecule has 0 amide bonds. The summed E-state index contributed by atoms with van der Waals surface area (Å²) < 4.78 is 0. The minimum absolute atomic E-state index is 0.376. The third kappa shape index (κ3) is 4.88. The van der Waals surface area contributed by atoms with Crippen LogP contribution < -0.4 is 5.73 Å². The van der Waals surface area contributed by atoms with E-state index in [1.54, 1.807) is 0 Å². The van der Waals surface area contributed by atoms with Gasteiger partial charge in [-0.3, -0.25) is 4.79 Å². The molecule has 3 N–H and O–H groups in total. The van der Waals surface area contributed by atoms with Crippen LogP contribution in [0.15, 0.2) is 0 Å². The molecule has 1 fully saturated rings. The molecule has 0 aliphatic heterocycles. The SMILES string of the molecule is CC1CCCCC1CC(=O)O.CN. The topological polar surface area (TPSA) is 63.3 Å². The van der Waals surface area contributed by atoms with E-state index in [0.29, 0.717) is 18.3 Å². The van der Waals surface area contributed by atoms with Gasteiger partial charge < -0.3 is 10.8 Å². The molecule has 3 nitrogen and oxygen atoms in total. The Morgan fingerprint density at radius 1 is 1.38 bits per heavy atom. The Hall–Kier alpha value is -0.570. The Morgan fingerprint density at radius 3 is 2.38 bits per heavy atom. The van der Waals surface area contributed by atoms with E-state index in [1.165, 1.54) is 26.3 Å². The molecule has 1 saturated carbocycles. The van der Waals surface area contributed by atoms with Crippen LogP contribution in [0.4, 0.5) is 0 Å². The maximum absolute atomic E-state index is 10.4. The summed E-state index contributed by atoms with van der Waals surface area (Å²) in [6.07, 6.45) is 5.23. The molecular weight excluding hydrogens is 166 g/mol. The van der Waals surface area contributed by atoms with Crippen molar-refractivity contribution in [3.8, 4) is 0 Å². The zero-order chi connectivity index (χ0) is 10.3. The molecular formula is C10H21NO2. The summed E-state index contributed by atoms with van der Waals surface area (Å²) in [7, 11) is 1.50. The summed E-state index contributed by atoms with van der Waals surface area (Å²) in [4.78, 5) is 10.4. The van der Waals surface area contributed by atoms with Gasteiger partial charge in [0.15, 0.2) is 0 Å². The van der Waals surface area contributed by atoms with Crippen molar-refractivity contribution in [1.82, 2.24) is 0 Å². The summed E-state index contributed by atoms with van der Waals surface area (Å²) in [5, 5.41) is 8.58. The molecule has 3 heteroatoms. The number of hydrogen-bond acceptors (Lipinski definition) is 2. The van der Waals surface area contributed by atoms with Gasteiger partial charge in [-0.15, -0.1) is 0 Å². The van der Waals surface area contributed by atoms with E-state index in [4.69, 9.17) is 5.11 Å². The number of carboxylic acids is 1. The summed E-state index contributed by atoms with van der Waals surface area (Å²) in [6, 6.07) is 0. The van der Waals surface area contributed by atoms with Gasteiger partial charge in [0.05, 0.1) is 0 Å². The molecule has 0 aromatic carbocycles. The van der Waals surface area contributed by atoms with Crippen molar-refractivity contribution in [1.29, 1.82) is 0 Å². The molecule has 2 unspecified atom stereocenters. The van der Waals surface area contributed by atoms with E-state index >= 15 is 0 Å². The van der Waals surface area contributed by atoms with Crippen LogP contribution >= 0.6 is 0 Å². The maximum atomic E-state index is 10.4. The third-order valence-electron chi connectivity index (χ3n) is 2.73. The van der Waals surface area contributed by atoms with Crippen LogP contribution in [0.1, 0.15) is 39.0 Å². The molecule has 0 heterocycles. The molecule has 1 rings (SSSR count). The summed E-state index contributed by atoms with van der Waals surface area (Å²) in [5.74, 6) is 0.435. The van der Waals surface area contributed by atoms with Gasteiger partial charge in [0.25, 0.3) is 0 Å². The lowest BCUT2D eigenvalue weighted by Crippen LogP contribution is -2.19. The lowest BCUT2D eigenvalue weighted by Gasteiger charge is -2.27. The number of nitrogens with two attached hydrogens (primary N) is 1. The fourth-order valence-electron chi connectivity index (χ4n) is 1.92. The van der Waals surface area contributed by atoms with Crippen LogP contribution in [-0.4, -0.2) is 18.1 Å². The highest BCUT2D eigenvalue weighted by Crippen LogP contribution is 2.31. The molecule has 0 radical (unpaired) electrons. The molecule has 0 saturated heterocycles. The fraction of sp³-hybridized carbons (Fsp3) is 0.900. The van der Waals surface area contributed by atoms with Gasteiger partial charge in [-0.1, -0.05) is 26.2 Å². The Balaban J connectivity index is 0.000000671. The molecule has 0 spiro atoms. The van der Waals surface area contributed by atoms with E-state index < -0.39 is 5.97 Å². The van der Waals surface area contributed by atoms with E-state index in [9.17, 15) is 4.79 Å². The number of hydrogen-bond donors (Lipinski definition) is 2. The van der Waals surface area contributed by atoms with Crippen molar-refractivity contribution in [2.75, 3.05) is 7.05 Å². The average molecular weight is 187 g/mol. The minimum Gasteiger partial charge on any atom is -0.481 e. The van der Waals surface area contributed by atoms with Gasteiger partial charge in [0, 0.05) is 6.42 Å². The van der Waals surface area contributed by atoms with Crippen molar-refractivity contribution < 1.29 is 9.90 Å². The van der Waals surface area contributed by atoms with Crippen LogP contribution in [0.25, 0.3) is 0 Å². The largest absolute Gasteiger partial charge is 0.481 e. The second-order valence-corrected chi connectivity index (χ2v) is 3.62. The summed E-state index contributed by atoms with van der Waals surface area (Å²) >= 11 is 0. The van der Waals surface area contributed by atoms with E-state index in [2.05, 4.69) is 12.7 Å². The molecule has 78 valence electrons. The second-order valence-electron chi connectivity index (χ2n) is 3.62. The number of aliphatic carboxylic acids is 1. The van der Waals surface area contributed by atoms with Crippen LogP contribution in [0.3, 0.4) is 0 Å². The first kappa shape index (κ1) is 12.4. The van der Waals surface area contributed by atoms with Gasteiger partial charge in [0.2, 0.25) is 0 Å². The average Bonchev–Trinajstić information content (AvgIpc) is 2.12. The van der Waals surface area contributed by atoms with Gasteiger partial charge in [-0.2, -0.15) is 0 Å². The Labute approximate surface area is 80.3 Å².